The van der Waals surface area contributed by atoms with Crippen LogP contribution in [0.5, 0.6) is 17.2 Å². The first kappa shape index (κ1) is 20.5. The molecule has 7 nitrogen and oxygen atoms in total. The van der Waals surface area contributed by atoms with Crippen LogP contribution in [-0.2, 0) is 0 Å². The smallest absolute Gasteiger partial charge is 0.203 e. The van der Waals surface area contributed by atoms with Gasteiger partial charge in [0.1, 0.15) is 11.6 Å². The van der Waals surface area contributed by atoms with Crippen molar-refractivity contribution in [1.82, 2.24) is 15.0 Å². The lowest BCUT2D eigenvalue weighted by Gasteiger charge is -2.22. The van der Waals surface area contributed by atoms with Crippen LogP contribution in [0.15, 0.2) is 60.7 Å². The highest BCUT2D eigenvalue weighted by atomic mass is 16.5. The van der Waals surface area contributed by atoms with Crippen LogP contribution in [0.4, 0.5) is 5.69 Å². The van der Waals surface area contributed by atoms with Crippen molar-refractivity contribution in [3.8, 4) is 17.2 Å². The van der Waals surface area contributed by atoms with E-state index in [2.05, 4.69) is 39.5 Å². The zero-order valence-electron chi connectivity index (χ0n) is 18.4. The van der Waals surface area contributed by atoms with Gasteiger partial charge in [0.2, 0.25) is 5.75 Å². The number of fused-ring (bicyclic) bond motifs is 1. The fourth-order valence-electron chi connectivity index (χ4n) is 3.77. The maximum absolute atomic E-state index is 5.60. The van der Waals surface area contributed by atoms with Gasteiger partial charge in [0.15, 0.2) is 11.5 Å². The highest BCUT2D eigenvalue weighted by molar-refractivity contribution is 5.74. The number of anilines is 1. The van der Waals surface area contributed by atoms with E-state index >= 15 is 0 Å². The minimum atomic E-state index is -0.239. The van der Waals surface area contributed by atoms with E-state index in [-0.39, 0.29) is 6.04 Å². The Morgan fingerprint density at radius 1 is 0.806 bits per heavy atom. The molecule has 4 aromatic rings. The molecule has 1 atom stereocenters. The second kappa shape index (κ2) is 8.55. The Kier molecular flexibility index (Phi) is 5.66. The van der Waals surface area contributed by atoms with Gasteiger partial charge in [-0.3, -0.25) is 0 Å². The monoisotopic (exact) mass is 418 g/mol. The summed E-state index contributed by atoms with van der Waals surface area (Å²) in [6, 6.07) is 20.0. The van der Waals surface area contributed by atoms with Gasteiger partial charge in [0.05, 0.1) is 26.8 Å². The van der Waals surface area contributed by atoms with Crippen molar-refractivity contribution in [2.75, 3.05) is 40.3 Å². The third-order valence-electron chi connectivity index (χ3n) is 5.35. The van der Waals surface area contributed by atoms with Gasteiger partial charge in [-0.25, -0.2) is 4.68 Å². The zero-order valence-corrected chi connectivity index (χ0v) is 18.4. The first-order chi connectivity index (χ1) is 15.1. The molecule has 4 rings (SSSR count). The van der Waals surface area contributed by atoms with Crippen LogP contribution in [0.1, 0.15) is 17.2 Å². The Hall–Kier alpha value is -3.74. The van der Waals surface area contributed by atoms with Crippen LogP contribution in [0.3, 0.4) is 0 Å². The molecule has 0 N–H and O–H groups in total. The van der Waals surface area contributed by atoms with Crippen LogP contribution in [0, 0.1) is 0 Å². The summed E-state index contributed by atoms with van der Waals surface area (Å²) in [6.45, 7) is 0. The van der Waals surface area contributed by atoms with Crippen molar-refractivity contribution in [2.45, 2.75) is 6.04 Å². The fourth-order valence-corrected chi connectivity index (χ4v) is 3.77. The molecule has 0 radical (unpaired) electrons. The highest BCUT2D eigenvalue weighted by Gasteiger charge is 2.24. The van der Waals surface area contributed by atoms with Crippen molar-refractivity contribution in [3.63, 3.8) is 0 Å². The van der Waals surface area contributed by atoms with E-state index in [4.69, 9.17) is 14.2 Å². The van der Waals surface area contributed by atoms with Gasteiger partial charge in [0, 0.05) is 19.8 Å². The number of rotatable bonds is 7. The van der Waals surface area contributed by atoms with Crippen LogP contribution >= 0.6 is 0 Å². The molecule has 0 aliphatic heterocycles. The van der Waals surface area contributed by atoms with Crippen molar-refractivity contribution < 1.29 is 14.2 Å². The number of hydrogen-bond acceptors (Lipinski definition) is 6. The van der Waals surface area contributed by atoms with E-state index in [1.807, 2.05) is 55.2 Å². The number of aromatic nitrogens is 3. The Balaban J connectivity index is 1.95. The van der Waals surface area contributed by atoms with Crippen molar-refractivity contribution in [1.29, 1.82) is 0 Å². The molecule has 31 heavy (non-hydrogen) atoms. The number of ether oxygens (including phenoxy) is 3. The van der Waals surface area contributed by atoms with Crippen LogP contribution in [0.2, 0.25) is 0 Å². The summed E-state index contributed by atoms with van der Waals surface area (Å²) in [6.07, 6.45) is 0. The second-order valence-electron chi connectivity index (χ2n) is 7.37. The molecule has 1 heterocycles. The maximum Gasteiger partial charge on any atom is 0.203 e. The Morgan fingerprint density at radius 2 is 1.45 bits per heavy atom. The van der Waals surface area contributed by atoms with E-state index in [1.54, 1.807) is 21.3 Å². The Morgan fingerprint density at radius 3 is 2.03 bits per heavy atom. The minimum Gasteiger partial charge on any atom is -0.493 e. The summed E-state index contributed by atoms with van der Waals surface area (Å²) in [5, 5.41) is 8.88. The van der Waals surface area contributed by atoms with Gasteiger partial charge in [-0.2, -0.15) is 0 Å². The van der Waals surface area contributed by atoms with E-state index in [0.29, 0.717) is 17.2 Å². The molecular weight excluding hydrogens is 392 g/mol. The average Bonchev–Trinajstić information content (AvgIpc) is 3.22. The number of para-hydroxylation sites is 1. The van der Waals surface area contributed by atoms with E-state index in [1.165, 1.54) is 0 Å². The largest absolute Gasteiger partial charge is 0.493 e. The number of nitrogens with zero attached hydrogens (tertiary/aromatic N) is 4. The summed E-state index contributed by atoms with van der Waals surface area (Å²) < 4.78 is 18.7. The van der Waals surface area contributed by atoms with Gasteiger partial charge in [-0.15, -0.1) is 5.10 Å². The number of methoxy groups -OCH3 is 3. The summed E-state index contributed by atoms with van der Waals surface area (Å²) in [5.74, 6) is 1.74. The zero-order chi connectivity index (χ0) is 22.0. The topological polar surface area (TPSA) is 61.6 Å². The SMILES string of the molecule is COc1cc(C(c2ccc(N(C)C)cc2)n2nnc3ccccc32)cc(OC)c1OC. The first-order valence-corrected chi connectivity index (χ1v) is 9.94. The predicted molar refractivity (Wildman–Crippen MR) is 122 cm³/mol. The molecule has 160 valence electrons. The first-order valence-electron chi connectivity index (χ1n) is 9.94. The lowest BCUT2D eigenvalue weighted by Crippen LogP contribution is -2.15. The number of benzene rings is 3. The molecule has 0 aliphatic rings. The molecule has 1 unspecified atom stereocenters. The lowest BCUT2D eigenvalue weighted by molar-refractivity contribution is 0.323. The maximum atomic E-state index is 5.60. The molecule has 0 aliphatic carbocycles. The number of hydrogen-bond donors (Lipinski definition) is 0. The van der Waals surface area contributed by atoms with Gasteiger partial charge < -0.3 is 19.1 Å². The molecule has 3 aromatic carbocycles. The Bertz CT molecular complexity index is 1160. The van der Waals surface area contributed by atoms with E-state index in [9.17, 15) is 0 Å². The molecule has 0 saturated heterocycles. The molecule has 7 heteroatoms. The Labute approximate surface area is 181 Å². The van der Waals surface area contributed by atoms with E-state index < -0.39 is 0 Å². The third kappa shape index (κ3) is 3.74. The summed E-state index contributed by atoms with van der Waals surface area (Å²) in [5.41, 5.74) is 4.91. The van der Waals surface area contributed by atoms with E-state index in [0.717, 1.165) is 27.8 Å². The van der Waals surface area contributed by atoms with Crippen molar-refractivity contribution >= 4 is 16.7 Å². The van der Waals surface area contributed by atoms with Crippen molar-refractivity contribution in [3.05, 3.63) is 71.8 Å². The highest BCUT2D eigenvalue weighted by Crippen LogP contribution is 2.42. The molecule has 0 spiro atoms. The molecule has 1 aromatic heterocycles. The average molecular weight is 418 g/mol. The van der Waals surface area contributed by atoms with Crippen LogP contribution < -0.4 is 19.1 Å². The minimum absolute atomic E-state index is 0.239. The third-order valence-corrected chi connectivity index (χ3v) is 5.35. The van der Waals surface area contributed by atoms with Crippen molar-refractivity contribution in [2.24, 2.45) is 0 Å². The fraction of sp³-hybridized carbons (Fsp3) is 0.250. The summed E-state index contributed by atoms with van der Waals surface area (Å²) in [4.78, 5) is 2.07. The summed E-state index contributed by atoms with van der Waals surface area (Å²) >= 11 is 0. The molecule has 0 fully saturated rings. The quantitative estimate of drug-likeness (QED) is 0.449. The predicted octanol–water partition coefficient (Wildman–Crippen LogP) is 4.16. The molecular formula is C24H26N4O3. The van der Waals surface area contributed by atoms with Gasteiger partial charge in [-0.05, 0) is 47.5 Å². The standard InChI is InChI=1S/C24H26N4O3/c1-27(2)18-12-10-16(11-13-18)23(28-20-9-7-6-8-19(20)25-26-28)17-14-21(29-3)24(31-5)22(15-17)30-4/h6-15,23H,1-5H3. The molecule has 0 amide bonds. The van der Waals surface area contributed by atoms with Gasteiger partial charge in [0.25, 0.3) is 0 Å². The molecule has 0 saturated carbocycles. The van der Waals surface area contributed by atoms with Gasteiger partial charge in [-0.1, -0.05) is 29.5 Å². The normalized spacial score (nSPS) is 11.9. The van der Waals surface area contributed by atoms with Gasteiger partial charge >= 0.3 is 0 Å². The van der Waals surface area contributed by atoms with Crippen LogP contribution in [-0.4, -0.2) is 50.4 Å². The summed E-state index contributed by atoms with van der Waals surface area (Å²) in [7, 11) is 8.88. The second-order valence-corrected chi connectivity index (χ2v) is 7.37. The van der Waals surface area contributed by atoms with Crippen LogP contribution in [0.25, 0.3) is 11.0 Å². The molecule has 0 bridgehead atoms. The lowest BCUT2D eigenvalue weighted by atomic mass is 9.97.